The quantitative estimate of drug-likeness (QED) is 0.168. The predicted molar refractivity (Wildman–Crippen MR) is 193 cm³/mol. The summed E-state index contributed by atoms with van der Waals surface area (Å²) >= 11 is 0. The van der Waals surface area contributed by atoms with Gasteiger partial charge in [-0.15, -0.1) is 5.73 Å². The molecule has 0 unspecified atom stereocenters. The largest absolute Gasteiger partial charge is 0.376 e. The predicted octanol–water partition coefficient (Wildman–Crippen LogP) is 9.75. The molecular formula is C45H40O2. The Morgan fingerprint density at radius 3 is 0.894 bits per heavy atom. The van der Waals surface area contributed by atoms with Crippen LogP contribution in [-0.4, -0.2) is 10.2 Å². The number of hydrogen-bond donors (Lipinski definition) is 2. The van der Waals surface area contributed by atoms with E-state index in [-0.39, 0.29) is 0 Å². The molecule has 6 aromatic rings. The minimum Gasteiger partial charge on any atom is -0.376 e. The topological polar surface area (TPSA) is 40.5 Å². The van der Waals surface area contributed by atoms with Gasteiger partial charge in [0, 0.05) is 5.57 Å². The molecular weight excluding hydrogens is 572 g/mol. The molecule has 47 heavy (non-hydrogen) atoms. The van der Waals surface area contributed by atoms with E-state index < -0.39 is 11.2 Å². The Hall–Kier alpha value is -5.24. The van der Waals surface area contributed by atoms with Crippen LogP contribution >= 0.6 is 0 Å². The number of benzene rings is 6. The molecule has 0 aromatic heterocycles. The van der Waals surface area contributed by atoms with Crippen molar-refractivity contribution in [2.75, 3.05) is 0 Å². The maximum atomic E-state index is 13.6. The first-order valence-corrected chi connectivity index (χ1v) is 16.1. The van der Waals surface area contributed by atoms with Crippen LogP contribution in [0.25, 0.3) is 5.57 Å². The zero-order valence-electron chi connectivity index (χ0n) is 27.4. The van der Waals surface area contributed by atoms with E-state index in [0.717, 1.165) is 39.0 Å². The minimum atomic E-state index is -1.80. The van der Waals surface area contributed by atoms with Crippen molar-refractivity contribution >= 4 is 5.57 Å². The van der Waals surface area contributed by atoms with Crippen LogP contribution in [0.4, 0.5) is 0 Å². The molecule has 0 aliphatic heterocycles. The average Bonchev–Trinajstić information content (AvgIpc) is 3.10. The molecule has 0 fully saturated rings. The third kappa shape index (κ3) is 6.28. The van der Waals surface area contributed by atoms with Gasteiger partial charge in [-0.25, -0.2) is 0 Å². The summed E-state index contributed by atoms with van der Waals surface area (Å²) in [5.41, 5.74) is 9.86. The normalized spacial score (nSPS) is 11.5. The lowest BCUT2D eigenvalue weighted by Crippen LogP contribution is -2.43. The van der Waals surface area contributed by atoms with Crippen LogP contribution < -0.4 is 0 Å². The van der Waals surface area contributed by atoms with Crippen LogP contribution in [0, 0.1) is 27.7 Å². The van der Waals surface area contributed by atoms with Crippen LogP contribution in [0.2, 0.25) is 0 Å². The van der Waals surface area contributed by atoms with Gasteiger partial charge < -0.3 is 10.2 Å². The van der Waals surface area contributed by atoms with Crippen molar-refractivity contribution in [2.45, 2.75) is 38.9 Å². The Morgan fingerprint density at radius 1 is 0.383 bits per heavy atom. The van der Waals surface area contributed by atoms with Gasteiger partial charge in [-0.1, -0.05) is 180 Å². The lowest BCUT2D eigenvalue weighted by Gasteiger charge is -2.41. The van der Waals surface area contributed by atoms with Gasteiger partial charge in [-0.05, 0) is 61.1 Å². The fourth-order valence-electron chi connectivity index (χ4n) is 6.18. The van der Waals surface area contributed by atoms with E-state index in [0.29, 0.717) is 27.8 Å². The van der Waals surface area contributed by atoms with Crippen LogP contribution in [-0.2, 0) is 11.2 Å². The number of rotatable bonds is 8. The molecule has 0 saturated carbocycles. The second kappa shape index (κ2) is 13.2. The summed E-state index contributed by atoms with van der Waals surface area (Å²) in [6.07, 6.45) is 0. The van der Waals surface area contributed by atoms with Crippen molar-refractivity contribution in [3.8, 4) is 0 Å². The maximum absolute atomic E-state index is 13.6. The average molecular weight is 613 g/mol. The molecule has 0 saturated heterocycles. The molecule has 0 radical (unpaired) electrons. The first-order chi connectivity index (χ1) is 22.7. The minimum absolute atomic E-state index is 0.299. The molecule has 0 amide bonds. The summed E-state index contributed by atoms with van der Waals surface area (Å²) in [5.74, 6) is 0. The number of aryl methyl sites for hydroxylation is 4. The third-order valence-corrected chi connectivity index (χ3v) is 8.98. The molecule has 0 atom stereocenters. The zero-order valence-corrected chi connectivity index (χ0v) is 27.4. The van der Waals surface area contributed by atoms with E-state index in [1.165, 1.54) is 0 Å². The second-order valence-corrected chi connectivity index (χ2v) is 12.5. The molecule has 232 valence electrons. The molecule has 0 aliphatic rings. The second-order valence-electron chi connectivity index (χ2n) is 12.5. The summed E-state index contributed by atoms with van der Waals surface area (Å²) in [6.45, 7) is 8.12. The summed E-state index contributed by atoms with van der Waals surface area (Å²) in [6, 6.07) is 51.8. The van der Waals surface area contributed by atoms with Crippen LogP contribution in [0.5, 0.6) is 0 Å². The van der Waals surface area contributed by atoms with E-state index in [2.05, 4.69) is 5.73 Å². The third-order valence-electron chi connectivity index (χ3n) is 8.98. The molecule has 2 nitrogen and oxygen atoms in total. The van der Waals surface area contributed by atoms with Crippen molar-refractivity contribution < 1.29 is 10.2 Å². The molecule has 2 heteroatoms. The van der Waals surface area contributed by atoms with Gasteiger partial charge in [0.15, 0.2) is 0 Å². The Labute approximate surface area is 278 Å². The smallest absolute Gasteiger partial charge is 0.147 e. The van der Waals surface area contributed by atoms with Crippen molar-refractivity contribution in [3.05, 3.63) is 225 Å². The van der Waals surface area contributed by atoms with E-state index in [1.54, 1.807) is 0 Å². The number of hydrogen-bond acceptors (Lipinski definition) is 2. The molecule has 6 aromatic carbocycles. The van der Waals surface area contributed by atoms with Crippen molar-refractivity contribution in [2.24, 2.45) is 0 Å². The highest BCUT2D eigenvalue weighted by atomic mass is 16.3. The van der Waals surface area contributed by atoms with Gasteiger partial charge in [0.2, 0.25) is 0 Å². The van der Waals surface area contributed by atoms with Crippen molar-refractivity contribution in [1.82, 2.24) is 0 Å². The number of aliphatic hydroxyl groups is 2. The molecule has 0 bridgehead atoms. The fourth-order valence-corrected chi connectivity index (χ4v) is 6.18. The van der Waals surface area contributed by atoms with Crippen molar-refractivity contribution in [1.29, 1.82) is 0 Å². The van der Waals surface area contributed by atoms with Crippen LogP contribution in [0.15, 0.2) is 169 Å². The highest BCUT2D eigenvalue weighted by Gasteiger charge is 2.49. The van der Waals surface area contributed by atoms with E-state index in [1.807, 2.05) is 185 Å². The molecule has 0 aliphatic carbocycles. The van der Waals surface area contributed by atoms with E-state index >= 15 is 0 Å². The fraction of sp³-hybridized carbons (Fsp3) is 0.133. The van der Waals surface area contributed by atoms with E-state index in [9.17, 15) is 10.2 Å². The Bertz CT molecular complexity index is 1780. The highest BCUT2D eigenvalue weighted by Crippen LogP contribution is 2.49. The van der Waals surface area contributed by atoms with E-state index in [4.69, 9.17) is 0 Å². The Morgan fingerprint density at radius 2 is 0.638 bits per heavy atom. The van der Waals surface area contributed by atoms with Gasteiger partial charge in [0.25, 0.3) is 0 Å². The molecule has 0 heterocycles. The zero-order chi connectivity index (χ0) is 33.0. The summed E-state index contributed by atoms with van der Waals surface area (Å²) in [4.78, 5) is 0. The Kier molecular flexibility index (Phi) is 8.94. The summed E-state index contributed by atoms with van der Waals surface area (Å²) in [7, 11) is 0. The molecule has 0 spiro atoms. The summed E-state index contributed by atoms with van der Waals surface area (Å²) in [5, 5.41) is 27.3. The van der Waals surface area contributed by atoms with Crippen LogP contribution in [0.3, 0.4) is 0 Å². The lowest BCUT2D eigenvalue weighted by atomic mass is 9.68. The summed E-state index contributed by atoms with van der Waals surface area (Å²) < 4.78 is 0. The van der Waals surface area contributed by atoms with Crippen LogP contribution in [0.1, 0.15) is 55.6 Å². The van der Waals surface area contributed by atoms with Gasteiger partial charge in [0.05, 0.1) is 5.57 Å². The van der Waals surface area contributed by atoms with Gasteiger partial charge in [0.1, 0.15) is 11.2 Å². The van der Waals surface area contributed by atoms with Gasteiger partial charge in [-0.3, -0.25) is 0 Å². The SMILES string of the molecule is Cc1ccc(C(O)(C(=C=C(c2ccccc2)c2ccccc2)C(O)(c2ccc(C)cc2)c2ccc(C)cc2)c2ccc(C)cc2)cc1. The van der Waals surface area contributed by atoms with Crippen molar-refractivity contribution in [3.63, 3.8) is 0 Å². The monoisotopic (exact) mass is 612 g/mol. The maximum Gasteiger partial charge on any atom is 0.147 e. The van der Waals surface area contributed by atoms with Gasteiger partial charge in [-0.2, -0.15) is 0 Å². The highest BCUT2D eigenvalue weighted by molar-refractivity contribution is 5.80. The molecule has 2 N–H and O–H groups in total. The lowest BCUT2D eigenvalue weighted by molar-refractivity contribution is 0.0411. The first-order valence-electron chi connectivity index (χ1n) is 16.1. The standard InChI is InChI=1S/C45H40O2/c1-32-15-23-38(24-16-32)44(46,39-25-17-33(2)18-26-39)43(31-42(36-11-7-5-8-12-36)37-13-9-6-10-14-37)45(47,40-27-19-34(3)20-28-40)41-29-21-35(4)22-30-41/h5-30,46-47H,1-4H3. The Balaban J connectivity index is 1.86. The first kappa shape index (κ1) is 31.7. The molecule has 6 rings (SSSR count). The van der Waals surface area contributed by atoms with Gasteiger partial charge >= 0.3 is 0 Å².